The third kappa shape index (κ3) is 6.67. The van der Waals surface area contributed by atoms with Gasteiger partial charge in [0.05, 0.1) is 5.92 Å². The van der Waals surface area contributed by atoms with Crippen LogP contribution in [0.2, 0.25) is 0 Å². The number of aliphatic carboxylic acids is 1. The van der Waals surface area contributed by atoms with Gasteiger partial charge in [-0.15, -0.1) is 0 Å². The highest BCUT2D eigenvalue weighted by molar-refractivity contribution is 5.90. The summed E-state index contributed by atoms with van der Waals surface area (Å²) < 4.78 is 0. The molecule has 190 valence electrons. The van der Waals surface area contributed by atoms with Gasteiger partial charge in [0.15, 0.2) is 0 Å². The number of hydrogen-bond donors (Lipinski definition) is 3. The van der Waals surface area contributed by atoms with E-state index < -0.39 is 24.0 Å². The lowest BCUT2D eigenvalue weighted by Gasteiger charge is -2.30. The zero-order valence-corrected chi connectivity index (χ0v) is 20.9. The van der Waals surface area contributed by atoms with E-state index in [-0.39, 0.29) is 47.8 Å². The lowest BCUT2D eigenvalue weighted by molar-refractivity contribution is -0.142. The summed E-state index contributed by atoms with van der Waals surface area (Å²) >= 11 is 0. The summed E-state index contributed by atoms with van der Waals surface area (Å²) in [4.78, 5) is 61.9. The molecule has 1 fully saturated rings. The van der Waals surface area contributed by atoms with Gasteiger partial charge < -0.3 is 25.4 Å². The Morgan fingerprint density at radius 2 is 1.82 bits per heavy atom. The molecule has 2 aliphatic carbocycles. The SMILES string of the molecule is CC1=CC2CC1C(C(=O)N(C)CCCCCC(=O)NC(C(=O)N[C@@H](C)C(=O)O)C(C)C)C2C=O. The molecule has 0 aliphatic heterocycles. The fourth-order valence-electron chi connectivity index (χ4n) is 5.08. The van der Waals surface area contributed by atoms with Gasteiger partial charge in [0, 0.05) is 25.9 Å². The summed E-state index contributed by atoms with van der Waals surface area (Å²) in [5, 5.41) is 14.0. The molecule has 34 heavy (non-hydrogen) atoms. The highest BCUT2D eigenvalue weighted by atomic mass is 16.4. The van der Waals surface area contributed by atoms with Gasteiger partial charge in [-0.25, -0.2) is 0 Å². The second-order valence-corrected chi connectivity index (χ2v) is 10.1. The average molecular weight is 478 g/mol. The van der Waals surface area contributed by atoms with Crippen molar-refractivity contribution in [1.82, 2.24) is 15.5 Å². The highest BCUT2D eigenvalue weighted by Gasteiger charge is 2.50. The van der Waals surface area contributed by atoms with Gasteiger partial charge in [-0.05, 0) is 50.9 Å². The minimum absolute atomic E-state index is 0.0242. The first kappa shape index (κ1) is 27.5. The normalized spacial score (nSPS) is 24.8. The van der Waals surface area contributed by atoms with Crippen molar-refractivity contribution in [3.63, 3.8) is 0 Å². The van der Waals surface area contributed by atoms with E-state index in [1.807, 2.05) is 6.92 Å². The molecule has 0 radical (unpaired) electrons. The number of hydrogen-bond acceptors (Lipinski definition) is 5. The number of amides is 3. The number of carboxylic acids is 1. The highest BCUT2D eigenvalue weighted by Crippen LogP contribution is 2.51. The Balaban J connectivity index is 1.72. The number of carbonyl (C=O) groups is 5. The molecule has 0 saturated heterocycles. The molecule has 3 N–H and O–H groups in total. The smallest absolute Gasteiger partial charge is 0.325 e. The minimum atomic E-state index is -1.14. The molecule has 0 heterocycles. The van der Waals surface area contributed by atoms with Crippen LogP contribution < -0.4 is 10.6 Å². The van der Waals surface area contributed by atoms with Crippen LogP contribution in [-0.2, 0) is 24.0 Å². The predicted molar refractivity (Wildman–Crippen MR) is 127 cm³/mol. The average Bonchev–Trinajstić information content (AvgIpc) is 3.32. The molecule has 9 nitrogen and oxygen atoms in total. The van der Waals surface area contributed by atoms with Crippen LogP contribution in [0.3, 0.4) is 0 Å². The Morgan fingerprint density at radius 3 is 2.41 bits per heavy atom. The molecular weight excluding hydrogens is 438 g/mol. The van der Waals surface area contributed by atoms with Crippen molar-refractivity contribution < 1.29 is 29.1 Å². The maximum Gasteiger partial charge on any atom is 0.325 e. The second kappa shape index (κ2) is 12.1. The fourth-order valence-corrected chi connectivity index (χ4v) is 5.08. The topological polar surface area (TPSA) is 133 Å². The summed E-state index contributed by atoms with van der Waals surface area (Å²) in [7, 11) is 1.77. The van der Waals surface area contributed by atoms with Gasteiger partial charge in [-0.3, -0.25) is 19.2 Å². The van der Waals surface area contributed by atoms with Crippen LogP contribution in [0.5, 0.6) is 0 Å². The Labute approximate surface area is 201 Å². The predicted octanol–water partition coefficient (Wildman–Crippen LogP) is 1.76. The summed E-state index contributed by atoms with van der Waals surface area (Å²) in [5.74, 6) is -2.21. The fraction of sp³-hybridized carbons (Fsp3) is 0.720. The Morgan fingerprint density at radius 1 is 1.15 bits per heavy atom. The van der Waals surface area contributed by atoms with Crippen LogP contribution in [0.4, 0.5) is 0 Å². The van der Waals surface area contributed by atoms with E-state index in [0.29, 0.717) is 13.0 Å². The van der Waals surface area contributed by atoms with Crippen LogP contribution in [0.15, 0.2) is 11.6 Å². The first-order chi connectivity index (χ1) is 16.0. The Kier molecular flexibility index (Phi) is 9.82. The van der Waals surface area contributed by atoms with Crippen molar-refractivity contribution in [2.45, 2.75) is 71.9 Å². The molecule has 2 bridgehead atoms. The van der Waals surface area contributed by atoms with E-state index in [9.17, 15) is 24.0 Å². The number of fused-ring (bicyclic) bond motifs is 2. The molecule has 2 rings (SSSR count). The largest absolute Gasteiger partial charge is 0.480 e. The van der Waals surface area contributed by atoms with Crippen molar-refractivity contribution in [3.05, 3.63) is 11.6 Å². The summed E-state index contributed by atoms with van der Waals surface area (Å²) in [6.45, 7) is 7.54. The molecule has 0 aromatic heterocycles. The monoisotopic (exact) mass is 477 g/mol. The van der Waals surface area contributed by atoms with E-state index >= 15 is 0 Å². The number of nitrogens with one attached hydrogen (secondary N) is 2. The quantitative estimate of drug-likeness (QED) is 0.210. The standard InChI is InChI=1S/C25H39N3O6/c1-14(2)22(23(31)26-16(4)25(33)34)27-20(30)9-7-6-8-10-28(5)24(32)21-18-12-17(11-15(18)3)19(21)13-29/h11,13-14,16-19,21-22H,6-10,12H2,1-5H3,(H,26,31)(H,27,30)(H,33,34)/t16-,17?,18?,19?,21?,22?/m0/s1. The molecule has 6 atom stereocenters. The van der Waals surface area contributed by atoms with Crippen LogP contribution in [0.25, 0.3) is 0 Å². The Bertz CT molecular complexity index is 823. The molecule has 1 saturated carbocycles. The van der Waals surface area contributed by atoms with Crippen molar-refractivity contribution >= 4 is 30.0 Å². The van der Waals surface area contributed by atoms with E-state index in [1.54, 1.807) is 25.8 Å². The van der Waals surface area contributed by atoms with Crippen molar-refractivity contribution in [3.8, 4) is 0 Å². The zero-order chi connectivity index (χ0) is 25.6. The summed E-state index contributed by atoms with van der Waals surface area (Å²) in [6, 6.07) is -1.84. The van der Waals surface area contributed by atoms with Crippen LogP contribution >= 0.6 is 0 Å². The summed E-state index contributed by atoms with van der Waals surface area (Å²) in [5.41, 5.74) is 1.21. The molecule has 0 spiro atoms. The van der Waals surface area contributed by atoms with Crippen molar-refractivity contribution in [2.24, 2.45) is 29.6 Å². The van der Waals surface area contributed by atoms with Crippen LogP contribution in [0, 0.1) is 29.6 Å². The van der Waals surface area contributed by atoms with Crippen LogP contribution in [-0.4, -0.2) is 65.7 Å². The number of unbranched alkanes of at least 4 members (excludes halogenated alkanes) is 2. The maximum atomic E-state index is 13.0. The van der Waals surface area contributed by atoms with E-state index in [1.165, 1.54) is 12.5 Å². The molecule has 0 aromatic carbocycles. The first-order valence-electron chi connectivity index (χ1n) is 12.2. The number of carbonyl (C=O) groups excluding carboxylic acids is 4. The number of carboxylic acid groups (broad SMARTS) is 1. The maximum absolute atomic E-state index is 13.0. The van der Waals surface area contributed by atoms with Crippen molar-refractivity contribution in [1.29, 1.82) is 0 Å². The minimum Gasteiger partial charge on any atom is -0.480 e. The van der Waals surface area contributed by atoms with E-state index in [2.05, 4.69) is 16.7 Å². The van der Waals surface area contributed by atoms with Gasteiger partial charge >= 0.3 is 5.97 Å². The number of allylic oxidation sites excluding steroid dienone is 2. The third-order valence-electron chi connectivity index (χ3n) is 7.14. The molecule has 3 amide bonds. The molecular formula is C25H39N3O6. The lowest BCUT2D eigenvalue weighted by Crippen LogP contribution is -2.53. The second-order valence-electron chi connectivity index (χ2n) is 10.1. The van der Waals surface area contributed by atoms with Crippen molar-refractivity contribution in [2.75, 3.05) is 13.6 Å². The summed E-state index contributed by atoms with van der Waals surface area (Å²) in [6.07, 6.45) is 6.30. The van der Waals surface area contributed by atoms with Gasteiger partial charge in [0.25, 0.3) is 0 Å². The Hall–Kier alpha value is -2.71. The third-order valence-corrected chi connectivity index (χ3v) is 7.14. The van der Waals surface area contributed by atoms with Gasteiger partial charge in [-0.2, -0.15) is 0 Å². The molecule has 9 heteroatoms. The number of aldehydes is 1. The van der Waals surface area contributed by atoms with Gasteiger partial charge in [0.1, 0.15) is 18.4 Å². The van der Waals surface area contributed by atoms with Crippen LogP contribution in [0.1, 0.15) is 59.8 Å². The number of rotatable bonds is 13. The number of nitrogens with zero attached hydrogens (tertiary/aromatic N) is 1. The lowest BCUT2D eigenvalue weighted by atomic mass is 9.80. The first-order valence-corrected chi connectivity index (χ1v) is 12.2. The molecule has 5 unspecified atom stereocenters. The zero-order valence-electron chi connectivity index (χ0n) is 20.9. The van der Waals surface area contributed by atoms with Gasteiger partial charge in [-0.1, -0.05) is 31.9 Å². The van der Waals surface area contributed by atoms with Gasteiger partial charge in [0.2, 0.25) is 17.7 Å². The van der Waals surface area contributed by atoms with E-state index in [4.69, 9.17) is 5.11 Å². The van der Waals surface area contributed by atoms with E-state index in [0.717, 1.165) is 25.5 Å². The molecule has 2 aliphatic rings. The molecule has 0 aromatic rings.